The van der Waals surface area contributed by atoms with Crippen LogP contribution in [0.1, 0.15) is 10.4 Å². The monoisotopic (exact) mass is 489 g/mol. The van der Waals surface area contributed by atoms with Crippen LogP contribution >= 0.6 is 0 Å². The van der Waals surface area contributed by atoms with E-state index in [4.69, 9.17) is 9.47 Å². The Hall–Kier alpha value is -4.03. The number of carbonyl (C=O) groups excluding carboxylic acids is 1. The number of hydrogen-bond donors (Lipinski definition) is 2. The average Bonchev–Trinajstić information content (AvgIpc) is 2.81. The van der Waals surface area contributed by atoms with E-state index in [1.54, 1.807) is 0 Å². The summed E-state index contributed by atoms with van der Waals surface area (Å²) < 4.78 is 51.5. The van der Waals surface area contributed by atoms with Crippen LogP contribution in [0.15, 0.2) is 71.6 Å². The van der Waals surface area contributed by atoms with Crippen LogP contribution in [-0.4, -0.2) is 39.6 Å². The normalized spacial score (nSPS) is 11.0. The summed E-state index contributed by atoms with van der Waals surface area (Å²) in [5.41, 5.74) is 0.184. The number of methoxy groups -OCH3 is 1. The number of nitro benzene ring substituents is 1. The number of non-ortho nitro benzene ring substituents is 1. The number of ether oxygens (including phenoxy) is 2. The van der Waals surface area contributed by atoms with E-state index < -0.39 is 26.7 Å². The van der Waals surface area contributed by atoms with Crippen molar-refractivity contribution in [2.75, 3.05) is 30.4 Å². The van der Waals surface area contributed by atoms with E-state index >= 15 is 0 Å². The number of nitro groups is 1. The summed E-state index contributed by atoms with van der Waals surface area (Å²) in [6, 6.07) is 14.0. The van der Waals surface area contributed by atoms with Gasteiger partial charge in [-0.25, -0.2) is 12.8 Å². The third-order valence-corrected chi connectivity index (χ3v) is 5.85. The third-order valence-electron chi connectivity index (χ3n) is 4.47. The molecule has 178 valence electrons. The largest absolute Gasteiger partial charge is 0.488 e. The first kappa shape index (κ1) is 24.6. The molecule has 10 nitrogen and oxygen atoms in total. The molecule has 3 rings (SSSR count). The van der Waals surface area contributed by atoms with E-state index in [1.807, 2.05) is 0 Å². The van der Waals surface area contributed by atoms with Gasteiger partial charge >= 0.3 is 0 Å². The van der Waals surface area contributed by atoms with E-state index in [-0.39, 0.29) is 39.9 Å². The molecule has 1 amide bonds. The molecule has 12 heteroatoms. The lowest BCUT2D eigenvalue weighted by atomic mass is 10.2. The van der Waals surface area contributed by atoms with E-state index in [0.29, 0.717) is 6.61 Å². The van der Waals surface area contributed by atoms with Crippen molar-refractivity contribution in [1.82, 2.24) is 0 Å². The Bertz CT molecular complexity index is 1300. The van der Waals surface area contributed by atoms with Crippen molar-refractivity contribution in [1.29, 1.82) is 0 Å². The van der Waals surface area contributed by atoms with Crippen LogP contribution < -0.4 is 14.8 Å². The van der Waals surface area contributed by atoms with Crippen LogP contribution in [0.2, 0.25) is 0 Å². The molecule has 0 unspecified atom stereocenters. The fourth-order valence-electron chi connectivity index (χ4n) is 2.80. The van der Waals surface area contributed by atoms with Crippen LogP contribution in [0.5, 0.6) is 5.75 Å². The predicted octanol–water partition coefficient (Wildman–Crippen LogP) is 3.81. The van der Waals surface area contributed by atoms with Gasteiger partial charge in [0, 0.05) is 42.2 Å². The standard InChI is InChI=1S/C22H20FN3O7S/c1-32-11-12-33-21-10-9-17(13-20(21)23)24-22(27)15-5-7-16(8-6-15)25-34(30,31)19-4-2-3-18(14-19)26(28)29/h2-10,13-14,25H,11-12H2,1H3,(H,24,27). The van der Waals surface area contributed by atoms with Gasteiger partial charge in [-0.1, -0.05) is 6.07 Å². The molecule has 34 heavy (non-hydrogen) atoms. The van der Waals surface area contributed by atoms with Gasteiger partial charge in [0.1, 0.15) is 6.61 Å². The van der Waals surface area contributed by atoms with Gasteiger partial charge < -0.3 is 14.8 Å². The summed E-state index contributed by atoms with van der Waals surface area (Å²) in [5, 5.41) is 13.4. The molecule has 0 aliphatic heterocycles. The van der Waals surface area contributed by atoms with Gasteiger partial charge in [-0.05, 0) is 42.5 Å². The molecule has 2 N–H and O–H groups in total. The van der Waals surface area contributed by atoms with Gasteiger partial charge in [-0.2, -0.15) is 0 Å². The first-order chi connectivity index (χ1) is 16.2. The Morgan fingerprint density at radius 2 is 1.74 bits per heavy atom. The number of hydrogen-bond acceptors (Lipinski definition) is 7. The molecule has 0 aromatic heterocycles. The molecule has 0 saturated carbocycles. The van der Waals surface area contributed by atoms with Crippen molar-refractivity contribution >= 4 is 33.0 Å². The molecule has 3 aromatic carbocycles. The maximum atomic E-state index is 14.1. The fraction of sp³-hybridized carbons (Fsp3) is 0.136. The first-order valence-corrected chi connectivity index (χ1v) is 11.3. The smallest absolute Gasteiger partial charge is 0.270 e. The summed E-state index contributed by atoms with van der Waals surface area (Å²) in [6.45, 7) is 0.478. The molecule has 0 spiro atoms. The van der Waals surface area contributed by atoms with E-state index in [9.17, 15) is 27.7 Å². The van der Waals surface area contributed by atoms with Crippen LogP contribution in [0, 0.1) is 15.9 Å². The van der Waals surface area contributed by atoms with E-state index in [2.05, 4.69) is 10.0 Å². The SMILES string of the molecule is COCCOc1ccc(NC(=O)c2ccc(NS(=O)(=O)c3cccc([N+](=O)[O-])c3)cc2)cc1F. The Morgan fingerprint density at radius 3 is 2.38 bits per heavy atom. The van der Waals surface area contributed by atoms with Gasteiger partial charge in [-0.15, -0.1) is 0 Å². The first-order valence-electron chi connectivity index (χ1n) is 9.79. The summed E-state index contributed by atoms with van der Waals surface area (Å²) in [5.74, 6) is -1.17. The molecule has 0 saturated heterocycles. The maximum Gasteiger partial charge on any atom is 0.270 e. The second-order valence-electron chi connectivity index (χ2n) is 6.88. The number of benzene rings is 3. The quantitative estimate of drug-likeness (QED) is 0.251. The zero-order valence-corrected chi connectivity index (χ0v) is 18.7. The van der Waals surface area contributed by atoms with Gasteiger partial charge in [0.25, 0.3) is 21.6 Å². The van der Waals surface area contributed by atoms with Crippen molar-refractivity contribution in [2.24, 2.45) is 0 Å². The minimum atomic E-state index is -4.08. The van der Waals surface area contributed by atoms with Gasteiger partial charge in [0.2, 0.25) is 0 Å². The topological polar surface area (TPSA) is 137 Å². The van der Waals surface area contributed by atoms with Crippen molar-refractivity contribution < 1.29 is 32.0 Å². The Balaban J connectivity index is 1.66. The zero-order chi connectivity index (χ0) is 24.7. The highest BCUT2D eigenvalue weighted by molar-refractivity contribution is 7.92. The molecular formula is C22H20FN3O7S. The lowest BCUT2D eigenvalue weighted by Crippen LogP contribution is -2.14. The summed E-state index contributed by atoms with van der Waals surface area (Å²) in [7, 11) is -2.59. The summed E-state index contributed by atoms with van der Waals surface area (Å²) >= 11 is 0. The molecule has 0 atom stereocenters. The fourth-order valence-corrected chi connectivity index (χ4v) is 3.90. The number of halogens is 1. The van der Waals surface area contributed by atoms with Crippen molar-refractivity contribution in [3.63, 3.8) is 0 Å². The van der Waals surface area contributed by atoms with E-state index in [1.165, 1.54) is 61.7 Å². The van der Waals surface area contributed by atoms with Crippen LogP contribution in [0.4, 0.5) is 21.5 Å². The Kier molecular flexibility index (Phi) is 7.76. The number of rotatable bonds is 10. The van der Waals surface area contributed by atoms with Crippen molar-refractivity contribution in [2.45, 2.75) is 4.90 Å². The number of nitrogens with one attached hydrogen (secondary N) is 2. The molecule has 0 aliphatic carbocycles. The highest BCUT2D eigenvalue weighted by Crippen LogP contribution is 2.23. The van der Waals surface area contributed by atoms with Gasteiger partial charge in [0.05, 0.1) is 16.4 Å². The Labute approximate surface area is 194 Å². The number of carbonyl (C=O) groups is 1. The molecule has 0 aliphatic rings. The second-order valence-corrected chi connectivity index (χ2v) is 8.56. The number of anilines is 2. The number of sulfonamides is 1. The third kappa shape index (κ3) is 6.27. The van der Waals surface area contributed by atoms with Gasteiger partial charge in [0.15, 0.2) is 11.6 Å². The number of nitrogens with zero attached hydrogens (tertiary/aromatic N) is 1. The highest BCUT2D eigenvalue weighted by atomic mass is 32.2. The minimum Gasteiger partial charge on any atom is -0.488 e. The van der Waals surface area contributed by atoms with Crippen molar-refractivity contribution in [3.8, 4) is 5.75 Å². The molecule has 3 aromatic rings. The molecule has 0 fully saturated rings. The average molecular weight is 489 g/mol. The van der Waals surface area contributed by atoms with Crippen molar-refractivity contribution in [3.05, 3.63) is 88.2 Å². The Morgan fingerprint density at radius 1 is 1.03 bits per heavy atom. The maximum absolute atomic E-state index is 14.1. The van der Waals surface area contributed by atoms with Crippen LogP contribution in [0.3, 0.4) is 0 Å². The van der Waals surface area contributed by atoms with Crippen LogP contribution in [-0.2, 0) is 14.8 Å². The van der Waals surface area contributed by atoms with E-state index in [0.717, 1.165) is 12.1 Å². The lowest BCUT2D eigenvalue weighted by molar-refractivity contribution is -0.385. The lowest BCUT2D eigenvalue weighted by Gasteiger charge is -2.10. The predicted molar refractivity (Wildman–Crippen MR) is 122 cm³/mol. The summed E-state index contributed by atoms with van der Waals surface area (Å²) in [4.78, 5) is 22.4. The van der Waals surface area contributed by atoms with Crippen LogP contribution in [0.25, 0.3) is 0 Å². The van der Waals surface area contributed by atoms with Gasteiger partial charge in [-0.3, -0.25) is 19.6 Å². The summed E-state index contributed by atoms with van der Waals surface area (Å²) in [6.07, 6.45) is 0. The minimum absolute atomic E-state index is 0.0235. The molecule has 0 bridgehead atoms. The molecule has 0 heterocycles. The molecular weight excluding hydrogens is 469 g/mol. The zero-order valence-electron chi connectivity index (χ0n) is 17.9. The highest BCUT2D eigenvalue weighted by Gasteiger charge is 2.18. The molecule has 0 radical (unpaired) electrons. The second kappa shape index (κ2) is 10.7. The number of amides is 1.